The molecule has 2 aromatic heterocycles. The number of hydrogen-bond donors (Lipinski definition) is 2. The van der Waals surface area contributed by atoms with Gasteiger partial charge in [-0.05, 0) is 48.8 Å². The number of aromatic nitrogens is 3. The second-order valence-electron chi connectivity index (χ2n) is 9.44. The first kappa shape index (κ1) is 24.3. The number of hydrogen-bond acceptors (Lipinski definition) is 5. The predicted molar refractivity (Wildman–Crippen MR) is 141 cm³/mol. The lowest BCUT2D eigenvalue weighted by Gasteiger charge is -2.29. The summed E-state index contributed by atoms with van der Waals surface area (Å²) in [6.45, 7) is 1.14. The molecule has 36 heavy (non-hydrogen) atoms. The van der Waals surface area contributed by atoms with Crippen molar-refractivity contribution in [3.63, 3.8) is 0 Å². The van der Waals surface area contributed by atoms with E-state index in [1.165, 1.54) is 5.56 Å². The van der Waals surface area contributed by atoms with Gasteiger partial charge in [0.15, 0.2) is 0 Å². The van der Waals surface area contributed by atoms with E-state index in [2.05, 4.69) is 28.0 Å². The highest BCUT2D eigenvalue weighted by molar-refractivity contribution is 7.70. The number of rotatable bonds is 8. The second kappa shape index (κ2) is 10.7. The zero-order valence-electron chi connectivity index (χ0n) is 20.2. The lowest BCUT2D eigenvalue weighted by molar-refractivity contribution is 0.132. The summed E-state index contributed by atoms with van der Waals surface area (Å²) in [5, 5.41) is 5.64. The average Bonchev–Trinajstić information content (AvgIpc) is 3.28. The third-order valence-electron chi connectivity index (χ3n) is 6.92. The summed E-state index contributed by atoms with van der Waals surface area (Å²) < 4.78 is 34.1. The van der Waals surface area contributed by atoms with Crippen molar-refractivity contribution in [2.24, 2.45) is 13.0 Å². The van der Waals surface area contributed by atoms with Crippen molar-refractivity contribution in [2.75, 3.05) is 6.54 Å². The van der Waals surface area contributed by atoms with Gasteiger partial charge in [0.1, 0.15) is 5.75 Å². The van der Waals surface area contributed by atoms with Gasteiger partial charge in [-0.1, -0.05) is 42.5 Å². The minimum atomic E-state index is -2.56. The van der Waals surface area contributed by atoms with Gasteiger partial charge in [-0.2, -0.15) is 5.10 Å². The fourth-order valence-electron chi connectivity index (χ4n) is 4.88. The van der Waals surface area contributed by atoms with E-state index >= 15 is 0 Å². The molecule has 8 nitrogen and oxygen atoms in total. The Morgan fingerprint density at radius 3 is 2.58 bits per heavy atom. The van der Waals surface area contributed by atoms with Crippen molar-refractivity contribution in [3.05, 3.63) is 82.9 Å². The SMILES string of the molecule is Cn1cc(-c2ccc3cnn(Cc4ccccc4)c3c2)c(OC2CCC(CN[SH](=O)=O)CC2)cc1=O. The topological polar surface area (TPSA) is 95.2 Å². The molecule has 0 aliphatic heterocycles. The van der Waals surface area contributed by atoms with Crippen LogP contribution in [0.25, 0.3) is 22.0 Å². The number of benzene rings is 2. The Labute approximate surface area is 211 Å². The minimum absolute atomic E-state index is 0.0135. The van der Waals surface area contributed by atoms with Gasteiger partial charge in [-0.15, -0.1) is 0 Å². The third kappa shape index (κ3) is 5.52. The van der Waals surface area contributed by atoms with Gasteiger partial charge in [-0.3, -0.25) is 9.48 Å². The summed E-state index contributed by atoms with van der Waals surface area (Å²) in [5.74, 6) is 0.893. The molecule has 0 unspecified atom stereocenters. The molecule has 1 aliphatic rings. The molecule has 4 aromatic rings. The Morgan fingerprint density at radius 2 is 1.83 bits per heavy atom. The summed E-state index contributed by atoms with van der Waals surface area (Å²) in [5.41, 5.74) is 3.88. The summed E-state index contributed by atoms with van der Waals surface area (Å²) in [7, 11) is -0.821. The average molecular weight is 507 g/mol. The summed E-state index contributed by atoms with van der Waals surface area (Å²) in [6.07, 6.45) is 7.09. The van der Waals surface area contributed by atoms with Gasteiger partial charge < -0.3 is 9.30 Å². The molecule has 188 valence electrons. The van der Waals surface area contributed by atoms with Crippen LogP contribution in [0.5, 0.6) is 5.75 Å². The van der Waals surface area contributed by atoms with Crippen molar-refractivity contribution < 1.29 is 13.2 Å². The molecule has 1 N–H and O–H groups in total. The Hall–Kier alpha value is -3.43. The molecule has 0 spiro atoms. The van der Waals surface area contributed by atoms with Crippen LogP contribution in [0.4, 0.5) is 0 Å². The molecule has 1 fully saturated rings. The van der Waals surface area contributed by atoms with E-state index in [0.717, 1.165) is 47.7 Å². The quantitative estimate of drug-likeness (QED) is 0.357. The number of ether oxygens (including phenoxy) is 1. The van der Waals surface area contributed by atoms with Crippen molar-refractivity contribution in [3.8, 4) is 16.9 Å². The number of thiol groups is 1. The van der Waals surface area contributed by atoms with Crippen LogP contribution >= 0.6 is 0 Å². The van der Waals surface area contributed by atoms with E-state index in [1.54, 1.807) is 17.7 Å². The van der Waals surface area contributed by atoms with Gasteiger partial charge in [-0.25, -0.2) is 13.1 Å². The Balaban J connectivity index is 1.40. The summed E-state index contributed by atoms with van der Waals surface area (Å²) in [4.78, 5) is 12.5. The standard InChI is InChI=1S/C27H30N4O4S/c1-30-18-24(26(14-27(30)32)35-23-11-7-19(8-12-23)15-29-36(33)34)21-9-10-22-16-28-31(25(22)13-21)17-20-5-3-2-4-6-20/h2-6,9-10,13-14,16,18-19,23,36H,7-8,11-12,15,17H2,1H3,(H,29,33,34). The van der Waals surface area contributed by atoms with E-state index in [4.69, 9.17) is 4.74 Å². The highest BCUT2D eigenvalue weighted by Crippen LogP contribution is 2.34. The highest BCUT2D eigenvalue weighted by atomic mass is 32.2. The van der Waals surface area contributed by atoms with E-state index in [1.807, 2.05) is 47.4 Å². The minimum Gasteiger partial charge on any atom is -0.490 e. The molecule has 1 aliphatic carbocycles. The Morgan fingerprint density at radius 1 is 1.06 bits per heavy atom. The highest BCUT2D eigenvalue weighted by Gasteiger charge is 2.24. The smallest absolute Gasteiger partial charge is 0.254 e. The van der Waals surface area contributed by atoms with E-state index in [-0.39, 0.29) is 11.7 Å². The molecule has 0 radical (unpaired) electrons. The molecule has 0 saturated heterocycles. The van der Waals surface area contributed by atoms with Crippen molar-refractivity contribution >= 4 is 21.8 Å². The maximum Gasteiger partial charge on any atom is 0.254 e. The van der Waals surface area contributed by atoms with Crippen LogP contribution in [0.3, 0.4) is 0 Å². The maximum atomic E-state index is 12.5. The third-order valence-corrected chi connectivity index (χ3v) is 7.36. The van der Waals surface area contributed by atoms with Gasteiger partial charge in [0.05, 0.1) is 24.4 Å². The number of nitrogens with one attached hydrogen (secondary N) is 1. The molecule has 9 heteroatoms. The van der Waals surface area contributed by atoms with Crippen LogP contribution in [0.2, 0.25) is 0 Å². The number of nitrogens with zero attached hydrogens (tertiary/aromatic N) is 3. The summed E-state index contributed by atoms with van der Waals surface area (Å²) >= 11 is 0. The normalized spacial score (nSPS) is 18.1. The van der Waals surface area contributed by atoms with E-state index in [9.17, 15) is 13.2 Å². The first-order valence-corrected chi connectivity index (χ1v) is 13.4. The fraction of sp³-hybridized carbons (Fsp3) is 0.333. The van der Waals surface area contributed by atoms with Gasteiger partial charge in [0, 0.05) is 36.8 Å². The first-order valence-electron chi connectivity index (χ1n) is 12.2. The zero-order valence-corrected chi connectivity index (χ0v) is 21.1. The van der Waals surface area contributed by atoms with Crippen LogP contribution in [-0.4, -0.2) is 35.4 Å². The van der Waals surface area contributed by atoms with E-state index < -0.39 is 10.9 Å². The molecule has 0 amide bonds. The van der Waals surface area contributed by atoms with Gasteiger partial charge in [0.2, 0.25) is 10.9 Å². The zero-order chi connectivity index (χ0) is 25.1. The first-order chi connectivity index (χ1) is 17.5. The van der Waals surface area contributed by atoms with Gasteiger partial charge in [0.25, 0.3) is 5.56 Å². The second-order valence-corrected chi connectivity index (χ2v) is 10.3. The lowest BCUT2D eigenvalue weighted by Crippen LogP contribution is -2.30. The predicted octanol–water partition coefficient (Wildman–Crippen LogP) is 3.50. The largest absolute Gasteiger partial charge is 0.490 e. The molecule has 5 rings (SSSR count). The van der Waals surface area contributed by atoms with E-state index in [0.29, 0.717) is 24.8 Å². The van der Waals surface area contributed by atoms with Crippen LogP contribution in [0.15, 0.2) is 71.8 Å². The lowest BCUT2D eigenvalue weighted by atomic mass is 9.87. The molecule has 2 aromatic carbocycles. The molecule has 0 atom stereocenters. The Kier molecular flexibility index (Phi) is 7.20. The Bertz CT molecular complexity index is 1480. The molecule has 1 saturated carbocycles. The molecular weight excluding hydrogens is 476 g/mol. The number of aryl methyl sites for hydroxylation is 1. The van der Waals surface area contributed by atoms with Crippen LogP contribution in [0.1, 0.15) is 31.2 Å². The van der Waals surface area contributed by atoms with Crippen LogP contribution in [-0.2, 0) is 24.5 Å². The van der Waals surface area contributed by atoms with Crippen molar-refractivity contribution in [1.82, 2.24) is 19.1 Å². The van der Waals surface area contributed by atoms with Crippen molar-refractivity contribution in [1.29, 1.82) is 0 Å². The fourth-order valence-corrected chi connectivity index (χ4v) is 5.29. The van der Waals surface area contributed by atoms with Crippen LogP contribution in [0, 0.1) is 5.92 Å². The summed E-state index contributed by atoms with van der Waals surface area (Å²) in [6, 6.07) is 18.0. The van der Waals surface area contributed by atoms with Crippen LogP contribution < -0.4 is 15.0 Å². The molecule has 0 bridgehead atoms. The van der Waals surface area contributed by atoms with Crippen molar-refractivity contribution in [2.45, 2.75) is 38.3 Å². The monoisotopic (exact) mass is 506 g/mol. The maximum absolute atomic E-state index is 12.5. The number of pyridine rings is 1. The molecular formula is C27H30N4O4S. The number of fused-ring (bicyclic) bond motifs is 1. The van der Waals surface area contributed by atoms with Gasteiger partial charge >= 0.3 is 0 Å². The molecule has 2 heterocycles.